The van der Waals surface area contributed by atoms with Gasteiger partial charge in [-0.25, -0.2) is 0 Å². The van der Waals surface area contributed by atoms with E-state index < -0.39 is 12.1 Å². The average molecular weight is 231 g/mol. The van der Waals surface area contributed by atoms with Gasteiger partial charge in [-0.05, 0) is 5.92 Å². The fourth-order valence-corrected chi connectivity index (χ4v) is 1.40. The van der Waals surface area contributed by atoms with E-state index in [0.717, 1.165) is 0 Å². The number of amides is 1. The summed E-state index contributed by atoms with van der Waals surface area (Å²) in [5.41, 5.74) is 0. The molecule has 2 unspecified atom stereocenters. The first-order valence-corrected chi connectivity index (χ1v) is 5.28. The third-order valence-corrected chi connectivity index (χ3v) is 2.26. The second-order valence-electron chi connectivity index (χ2n) is 3.88. The molecule has 0 radical (unpaired) electrons. The molecule has 1 heterocycles. The van der Waals surface area contributed by atoms with Crippen LogP contribution in [0.5, 0.6) is 0 Å². The lowest BCUT2D eigenvalue weighted by Gasteiger charge is -2.22. The van der Waals surface area contributed by atoms with Gasteiger partial charge in [0.15, 0.2) is 6.10 Å². The van der Waals surface area contributed by atoms with Crippen LogP contribution in [0.15, 0.2) is 0 Å². The van der Waals surface area contributed by atoms with Crippen LogP contribution in [-0.2, 0) is 19.1 Å². The maximum Gasteiger partial charge on any atom is 0.303 e. The van der Waals surface area contributed by atoms with E-state index in [9.17, 15) is 9.59 Å². The van der Waals surface area contributed by atoms with Gasteiger partial charge in [0.1, 0.15) is 0 Å². The van der Waals surface area contributed by atoms with Crippen molar-refractivity contribution < 1.29 is 24.2 Å². The van der Waals surface area contributed by atoms with E-state index >= 15 is 0 Å². The SMILES string of the molecule is CC(CNC(=O)C1COCCO1)CC(=O)O. The van der Waals surface area contributed by atoms with Crippen LogP contribution in [0.2, 0.25) is 0 Å². The van der Waals surface area contributed by atoms with Crippen LogP contribution < -0.4 is 5.32 Å². The molecule has 1 aliphatic heterocycles. The van der Waals surface area contributed by atoms with Gasteiger partial charge in [-0.1, -0.05) is 6.92 Å². The van der Waals surface area contributed by atoms with Gasteiger partial charge in [-0.3, -0.25) is 9.59 Å². The van der Waals surface area contributed by atoms with E-state index in [1.54, 1.807) is 6.92 Å². The number of nitrogens with one attached hydrogen (secondary N) is 1. The van der Waals surface area contributed by atoms with Crippen molar-refractivity contribution in [1.29, 1.82) is 0 Å². The molecule has 0 aromatic heterocycles. The summed E-state index contributed by atoms with van der Waals surface area (Å²) < 4.78 is 10.3. The lowest BCUT2D eigenvalue weighted by molar-refractivity contribution is -0.148. The molecule has 2 N–H and O–H groups in total. The Morgan fingerprint density at radius 3 is 2.81 bits per heavy atom. The number of carboxylic acid groups (broad SMARTS) is 1. The van der Waals surface area contributed by atoms with E-state index in [1.165, 1.54) is 0 Å². The highest BCUT2D eigenvalue weighted by atomic mass is 16.6. The lowest BCUT2D eigenvalue weighted by Crippen LogP contribution is -2.44. The van der Waals surface area contributed by atoms with Crippen molar-refractivity contribution in [3.8, 4) is 0 Å². The van der Waals surface area contributed by atoms with Gasteiger partial charge in [0.25, 0.3) is 5.91 Å². The van der Waals surface area contributed by atoms with E-state index in [0.29, 0.717) is 19.8 Å². The number of aliphatic carboxylic acids is 1. The summed E-state index contributed by atoms with van der Waals surface area (Å²) in [5, 5.41) is 11.2. The zero-order valence-corrected chi connectivity index (χ0v) is 9.27. The minimum absolute atomic E-state index is 0.0440. The van der Waals surface area contributed by atoms with Gasteiger partial charge < -0.3 is 19.9 Å². The van der Waals surface area contributed by atoms with Crippen LogP contribution in [0.25, 0.3) is 0 Å². The molecule has 1 aliphatic rings. The summed E-state index contributed by atoms with van der Waals surface area (Å²) in [6.07, 6.45) is -0.520. The van der Waals surface area contributed by atoms with Crippen molar-refractivity contribution in [1.82, 2.24) is 5.32 Å². The molecule has 0 aromatic rings. The Balaban J connectivity index is 2.20. The van der Waals surface area contributed by atoms with Gasteiger partial charge in [0.05, 0.1) is 19.8 Å². The van der Waals surface area contributed by atoms with E-state index in [2.05, 4.69) is 5.32 Å². The van der Waals surface area contributed by atoms with Crippen LogP contribution in [-0.4, -0.2) is 49.5 Å². The molecule has 0 aromatic carbocycles. The molecule has 0 bridgehead atoms. The van der Waals surface area contributed by atoms with E-state index in [4.69, 9.17) is 14.6 Å². The third kappa shape index (κ3) is 4.59. The van der Waals surface area contributed by atoms with Crippen LogP contribution >= 0.6 is 0 Å². The highest BCUT2D eigenvalue weighted by Crippen LogP contribution is 2.03. The predicted octanol–water partition coefficient (Wildman–Crippen LogP) is -0.371. The standard InChI is InChI=1S/C10H17NO5/c1-7(4-9(12)13)5-11-10(14)8-6-15-2-3-16-8/h7-8H,2-6H2,1H3,(H,11,14)(H,12,13). The quantitative estimate of drug-likeness (QED) is 0.674. The Kier molecular flexibility index (Phi) is 5.21. The zero-order valence-electron chi connectivity index (χ0n) is 9.27. The summed E-state index contributed by atoms with van der Waals surface area (Å²) in [5.74, 6) is -1.19. The Hall–Kier alpha value is -1.14. The van der Waals surface area contributed by atoms with Crippen LogP contribution in [0.1, 0.15) is 13.3 Å². The molecule has 1 amide bonds. The average Bonchev–Trinajstić information content (AvgIpc) is 2.26. The van der Waals surface area contributed by atoms with Crippen molar-refractivity contribution in [3.63, 3.8) is 0 Å². The van der Waals surface area contributed by atoms with Gasteiger partial charge in [-0.2, -0.15) is 0 Å². The molecule has 16 heavy (non-hydrogen) atoms. The lowest BCUT2D eigenvalue weighted by atomic mass is 10.1. The molecular formula is C10H17NO5. The maximum atomic E-state index is 11.5. The number of carbonyl (C=O) groups excluding carboxylic acids is 1. The van der Waals surface area contributed by atoms with Crippen molar-refractivity contribution in [2.45, 2.75) is 19.4 Å². The van der Waals surface area contributed by atoms with Gasteiger partial charge in [0.2, 0.25) is 0 Å². The molecule has 1 saturated heterocycles. The fourth-order valence-electron chi connectivity index (χ4n) is 1.40. The first kappa shape index (κ1) is 12.9. The molecular weight excluding hydrogens is 214 g/mol. The van der Waals surface area contributed by atoms with Gasteiger partial charge >= 0.3 is 5.97 Å². The van der Waals surface area contributed by atoms with Crippen molar-refractivity contribution in [2.24, 2.45) is 5.92 Å². The summed E-state index contributed by atoms with van der Waals surface area (Å²) in [4.78, 5) is 21.9. The predicted molar refractivity (Wildman–Crippen MR) is 55.0 cm³/mol. The molecule has 1 rings (SSSR count). The number of hydrogen-bond donors (Lipinski definition) is 2. The first-order chi connectivity index (χ1) is 7.59. The van der Waals surface area contributed by atoms with Crippen LogP contribution in [0, 0.1) is 5.92 Å². The molecule has 0 saturated carbocycles. The van der Waals surface area contributed by atoms with Crippen molar-refractivity contribution in [3.05, 3.63) is 0 Å². The van der Waals surface area contributed by atoms with Crippen LogP contribution in [0.3, 0.4) is 0 Å². The number of rotatable bonds is 5. The number of ether oxygens (including phenoxy) is 2. The Morgan fingerprint density at radius 1 is 1.50 bits per heavy atom. The van der Waals surface area contributed by atoms with Crippen molar-refractivity contribution >= 4 is 11.9 Å². The third-order valence-electron chi connectivity index (χ3n) is 2.26. The molecule has 6 heteroatoms. The molecule has 92 valence electrons. The molecule has 1 fully saturated rings. The first-order valence-electron chi connectivity index (χ1n) is 5.28. The normalized spacial score (nSPS) is 22.4. The summed E-state index contributed by atoms with van der Waals surface area (Å²) in [6, 6.07) is 0. The number of carboxylic acids is 1. The topological polar surface area (TPSA) is 84.9 Å². The second kappa shape index (κ2) is 6.44. The molecule has 0 aliphatic carbocycles. The fraction of sp³-hybridized carbons (Fsp3) is 0.800. The van der Waals surface area contributed by atoms with Gasteiger partial charge in [0, 0.05) is 13.0 Å². The largest absolute Gasteiger partial charge is 0.481 e. The minimum atomic E-state index is -0.862. The smallest absolute Gasteiger partial charge is 0.303 e. The summed E-state index contributed by atoms with van der Waals surface area (Å²) in [7, 11) is 0. The monoisotopic (exact) mass is 231 g/mol. The zero-order chi connectivity index (χ0) is 12.0. The Morgan fingerprint density at radius 2 is 2.25 bits per heavy atom. The Labute approximate surface area is 93.9 Å². The molecule has 0 spiro atoms. The highest BCUT2D eigenvalue weighted by Gasteiger charge is 2.22. The molecule has 2 atom stereocenters. The summed E-state index contributed by atoms with van der Waals surface area (Å²) in [6.45, 7) is 3.30. The highest BCUT2D eigenvalue weighted by molar-refractivity contribution is 5.81. The summed E-state index contributed by atoms with van der Waals surface area (Å²) >= 11 is 0. The Bertz CT molecular complexity index is 250. The second-order valence-corrected chi connectivity index (χ2v) is 3.88. The maximum absolute atomic E-state index is 11.5. The van der Waals surface area contributed by atoms with E-state index in [-0.39, 0.29) is 24.9 Å². The number of hydrogen-bond acceptors (Lipinski definition) is 4. The van der Waals surface area contributed by atoms with Gasteiger partial charge in [-0.15, -0.1) is 0 Å². The van der Waals surface area contributed by atoms with E-state index in [1.807, 2.05) is 0 Å². The van der Waals surface area contributed by atoms with Crippen molar-refractivity contribution in [2.75, 3.05) is 26.4 Å². The molecule has 6 nitrogen and oxygen atoms in total. The van der Waals surface area contributed by atoms with Crippen LogP contribution in [0.4, 0.5) is 0 Å². The minimum Gasteiger partial charge on any atom is -0.481 e. The number of carbonyl (C=O) groups is 2.